The van der Waals surface area contributed by atoms with Crippen LogP contribution in [0.15, 0.2) is 12.1 Å². The molecule has 4 atom stereocenters. The third-order valence-electron chi connectivity index (χ3n) is 5.25. The van der Waals surface area contributed by atoms with Crippen LogP contribution in [0.25, 0.3) is 0 Å². The van der Waals surface area contributed by atoms with Gasteiger partial charge in [0, 0.05) is 19.1 Å². The topological polar surface area (TPSA) is 32.7 Å². The number of benzene rings is 1. The van der Waals surface area contributed by atoms with Gasteiger partial charge in [0.1, 0.15) is 0 Å². The van der Waals surface area contributed by atoms with Crippen molar-refractivity contribution in [1.29, 1.82) is 0 Å². The Morgan fingerprint density at radius 3 is 2.86 bits per heavy atom. The molecule has 4 heteroatoms. The van der Waals surface area contributed by atoms with Crippen LogP contribution < -0.4 is 4.74 Å². The quantitative estimate of drug-likeness (QED) is 0.863. The molecule has 2 aliphatic rings. The van der Waals surface area contributed by atoms with E-state index in [1.54, 1.807) is 7.11 Å². The van der Waals surface area contributed by atoms with E-state index in [2.05, 4.69) is 28.0 Å². The lowest BCUT2D eigenvalue weighted by Gasteiger charge is -2.47. The van der Waals surface area contributed by atoms with Gasteiger partial charge in [-0.3, -0.25) is 4.90 Å². The molecule has 0 aromatic heterocycles. The van der Waals surface area contributed by atoms with Gasteiger partial charge in [-0.05, 0) is 60.0 Å². The summed E-state index contributed by atoms with van der Waals surface area (Å²) in [4.78, 5) is 2.63. The van der Waals surface area contributed by atoms with Crippen molar-refractivity contribution in [2.45, 2.75) is 44.8 Å². The fraction of sp³-hybridized carbons (Fsp3) is 0.667. The van der Waals surface area contributed by atoms with E-state index in [0.717, 1.165) is 24.8 Å². The number of hydrogen-bond donors (Lipinski definition) is 1. The van der Waals surface area contributed by atoms with E-state index in [9.17, 15) is 5.11 Å². The van der Waals surface area contributed by atoms with E-state index in [1.165, 1.54) is 30.5 Å². The van der Waals surface area contributed by atoms with Gasteiger partial charge in [-0.1, -0.05) is 13.8 Å². The molecule has 2 unspecified atom stereocenters. The van der Waals surface area contributed by atoms with Gasteiger partial charge in [-0.25, -0.2) is 0 Å². The zero-order valence-corrected chi connectivity index (χ0v) is 15.0. The minimum atomic E-state index is 0.271. The summed E-state index contributed by atoms with van der Waals surface area (Å²) in [5.74, 6) is 2.40. The summed E-state index contributed by atoms with van der Waals surface area (Å²) in [6.07, 6.45) is 3.53. The van der Waals surface area contributed by atoms with E-state index in [4.69, 9.17) is 4.74 Å². The lowest BCUT2D eigenvalue weighted by molar-refractivity contribution is 0.0940. The summed E-state index contributed by atoms with van der Waals surface area (Å²) in [5, 5.41) is 10.1. The standard InChI is InChI=1S/C18H28NO2P/c1-11(2)6-13-10-19-5-4-12-7-17(21-3)16(20)8-14(12)15(19)9-18(13)22/h7-8,11,13,15,18,20H,4-6,9-10,22H2,1-3H3/t13-,15-,18?/m1/s1. The van der Waals surface area contributed by atoms with Crippen LogP contribution in [0.5, 0.6) is 11.5 Å². The maximum absolute atomic E-state index is 10.1. The number of ether oxygens (including phenoxy) is 1. The molecule has 1 fully saturated rings. The number of nitrogens with zero attached hydrogens (tertiary/aromatic N) is 1. The van der Waals surface area contributed by atoms with Crippen molar-refractivity contribution >= 4 is 9.24 Å². The van der Waals surface area contributed by atoms with Crippen LogP contribution in [0.3, 0.4) is 0 Å². The van der Waals surface area contributed by atoms with E-state index in [0.29, 0.717) is 17.5 Å². The largest absolute Gasteiger partial charge is 0.504 e. The Kier molecular flexibility index (Phi) is 4.66. The first kappa shape index (κ1) is 16.1. The molecule has 3 nitrogen and oxygen atoms in total. The van der Waals surface area contributed by atoms with E-state index < -0.39 is 0 Å². The first-order chi connectivity index (χ1) is 10.5. The third kappa shape index (κ3) is 2.98. The Labute approximate surface area is 136 Å². The molecule has 2 aliphatic heterocycles. The second kappa shape index (κ2) is 6.37. The highest BCUT2D eigenvalue weighted by Crippen LogP contribution is 2.45. The van der Waals surface area contributed by atoms with Crippen molar-refractivity contribution in [1.82, 2.24) is 4.90 Å². The van der Waals surface area contributed by atoms with E-state index in [-0.39, 0.29) is 5.75 Å². The third-order valence-corrected chi connectivity index (χ3v) is 6.07. The number of methoxy groups -OCH3 is 1. The van der Waals surface area contributed by atoms with Gasteiger partial charge in [0.15, 0.2) is 11.5 Å². The van der Waals surface area contributed by atoms with Crippen molar-refractivity contribution in [3.8, 4) is 11.5 Å². The number of phenolic OH excluding ortho intramolecular Hbond substituents is 1. The summed E-state index contributed by atoms with van der Waals surface area (Å²) in [5.41, 5.74) is 3.31. The summed E-state index contributed by atoms with van der Waals surface area (Å²) in [6, 6.07) is 4.41. The molecule has 22 heavy (non-hydrogen) atoms. The Balaban J connectivity index is 1.85. The summed E-state index contributed by atoms with van der Waals surface area (Å²) < 4.78 is 5.26. The molecule has 2 heterocycles. The Morgan fingerprint density at radius 1 is 1.41 bits per heavy atom. The van der Waals surface area contributed by atoms with Crippen LogP contribution in [0.1, 0.15) is 43.9 Å². The molecule has 0 saturated carbocycles. The highest BCUT2D eigenvalue weighted by Gasteiger charge is 2.37. The lowest BCUT2D eigenvalue weighted by Crippen LogP contribution is -2.46. The molecule has 1 aromatic rings. The number of rotatable bonds is 3. The maximum Gasteiger partial charge on any atom is 0.160 e. The molecule has 0 amide bonds. The number of hydrogen-bond acceptors (Lipinski definition) is 3. The molecule has 0 spiro atoms. The minimum Gasteiger partial charge on any atom is -0.504 e. The highest BCUT2D eigenvalue weighted by molar-refractivity contribution is 7.17. The number of piperidine rings is 1. The molecule has 1 saturated heterocycles. The smallest absolute Gasteiger partial charge is 0.160 e. The predicted octanol–water partition coefficient (Wildman–Crippen LogP) is 3.61. The molecular weight excluding hydrogens is 293 g/mol. The number of aromatic hydroxyl groups is 1. The van der Waals surface area contributed by atoms with Crippen molar-refractivity contribution < 1.29 is 9.84 Å². The summed E-state index contributed by atoms with van der Waals surface area (Å²) in [7, 11) is 4.70. The van der Waals surface area contributed by atoms with Crippen molar-refractivity contribution in [2.24, 2.45) is 11.8 Å². The number of phenols is 1. The van der Waals surface area contributed by atoms with Gasteiger partial charge in [-0.15, -0.1) is 9.24 Å². The van der Waals surface area contributed by atoms with Gasteiger partial charge in [0.2, 0.25) is 0 Å². The van der Waals surface area contributed by atoms with Gasteiger partial charge in [0.05, 0.1) is 7.11 Å². The Bertz CT molecular complexity index is 546. The van der Waals surface area contributed by atoms with Crippen LogP contribution in [-0.2, 0) is 6.42 Å². The lowest BCUT2D eigenvalue weighted by atomic mass is 9.80. The second-order valence-corrected chi connectivity index (χ2v) is 8.13. The van der Waals surface area contributed by atoms with Gasteiger partial charge >= 0.3 is 0 Å². The molecule has 1 N–H and O–H groups in total. The predicted molar refractivity (Wildman–Crippen MR) is 93.7 cm³/mol. The second-order valence-electron chi connectivity index (χ2n) is 7.27. The summed E-state index contributed by atoms with van der Waals surface area (Å²) in [6.45, 7) is 6.94. The Morgan fingerprint density at radius 2 is 2.18 bits per heavy atom. The summed E-state index contributed by atoms with van der Waals surface area (Å²) >= 11 is 0. The highest BCUT2D eigenvalue weighted by atomic mass is 31.0. The average molecular weight is 321 g/mol. The molecular formula is C18H28NO2P. The zero-order chi connectivity index (χ0) is 15.9. The molecule has 122 valence electrons. The van der Waals surface area contributed by atoms with Crippen LogP contribution >= 0.6 is 9.24 Å². The SMILES string of the molecule is COc1cc2c(cc1O)[C@H]1CC(P)[C@H](CC(C)C)CN1CC2. The van der Waals surface area contributed by atoms with Crippen LogP contribution in [0.2, 0.25) is 0 Å². The van der Waals surface area contributed by atoms with Gasteiger partial charge in [0.25, 0.3) is 0 Å². The molecule has 0 aliphatic carbocycles. The molecule has 1 aromatic carbocycles. The van der Waals surface area contributed by atoms with Crippen molar-refractivity contribution in [3.05, 3.63) is 23.3 Å². The monoisotopic (exact) mass is 321 g/mol. The molecule has 0 bridgehead atoms. The number of fused-ring (bicyclic) bond motifs is 3. The van der Waals surface area contributed by atoms with Gasteiger partial charge < -0.3 is 9.84 Å². The van der Waals surface area contributed by atoms with Crippen LogP contribution in [0, 0.1) is 11.8 Å². The Hall–Kier alpha value is -0.790. The molecule has 0 radical (unpaired) electrons. The molecule has 3 rings (SSSR count). The fourth-order valence-electron chi connectivity index (χ4n) is 4.17. The average Bonchev–Trinajstić information content (AvgIpc) is 2.47. The first-order valence-electron chi connectivity index (χ1n) is 8.39. The normalized spacial score (nSPS) is 28.3. The van der Waals surface area contributed by atoms with Crippen molar-refractivity contribution in [3.63, 3.8) is 0 Å². The maximum atomic E-state index is 10.1. The van der Waals surface area contributed by atoms with Crippen LogP contribution in [0.4, 0.5) is 0 Å². The zero-order valence-electron chi connectivity index (χ0n) is 13.9. The minimum absolute atomic E-state index is 0.271. The van der Waals surface area contributed by atoms with Crippen LogP contribution in [-0.4, -0.2) is 35.9 Å². The van der Waals surface area contributed by atoms with Gasteiger partial charge in [-0.2, -0.15) is 0 Å². The fourth-order valence-corrected chi connectivity index (χ4v) is 4.71. The van der Waals surface area contributed by atoms with E-state index in [1.807, 2.05) is 12.1 Å². The van der Waals surface area contributed by atoms with E-state index >= 15 is 0 Å². The first-order valence-corrected chi connectivity index (χ1v) is 9.05. The van der Waals surface area contributed by atoms with Crippen molar-refractivity contribution in [2.75, 3.05) is 20.2 Å².